The number of aryl methyl sites for hydroxylation is 1. The van der Waals surface area contributed by atoms with Crippen molar-refractivity contribution in [3.63, 3.8) is 0 Å². The third-order valence-electron chi connectivity index (χ3n) is 3.24. The molecule has 0 spiro atoms. The van der Waals surface area contributed by atoms with Crippen LogP contribution in [0, 0.1) is 10.5 Å². The van der Waals surface area contributed by atoms with E-state index < -0.39 is 0 Å². The highest BCUT2D eigenvalue weighted by Gasteiger charge is 2.23. The van der Waals surface area contributed by atoms with E-state index in [0.29, 0.717) is 16.8 Å². The summed E-state index contributed by atoms with van der Waals surface area (Å²) < 4.78 is 0.915. The third kappa shape index (κ3) is 3.00. The van der Waals surface area contributed by atoms with E-state index in [-0.39, 0.29) is 11.9 Å². The van der Waals surface area contributed by atoms with Crippen LogP contribution in [0.2, 0.25) is 5.02 Å². The fraction of sp³-hybridized carbons (Fsp3) is 0.583. The smallest absolute Gasteiger partial charge is 0.269 e. The lowest BCUT2D eigenvalue weighted by Gasteiger charge is -2.28. The maximum Gasteiger partial charge on any atom is 0.269 e. The summed E-state index contributed by atoms with van der Waals surface area (Å²) in [5.41, 5.74) is 1.41. The van der Waals surface area contributed by atoms with Crippen LogP contribution >= 0.6 is 34.2 Å². The lowest BCUT2D eigenvalue weighted by atomic mass is 10.0. The number of aromatic nitrogens is 1. The van der Waals surface area contributed by atoms with Crippen LogP contribution in [-0.4, -0.2) is 29.5 Å². The minimum atomic E-state index is -0.106. The molecule has 4 nitrogen and oxygen atoms in total. The predicted molar refractivity (Wildman–Crippen MR) is 81.2 cm³/mol. The summed E-state index contributed by atoms with van der Waals surface area (Å²) in [6.07, 6.45) is 1.92. The maximum atomic E-state index is 12.2. The number of amides is 1. The summed E-state index contributed by atoms with van der Waals surface area (Å²) in [4.78, 5) is 15.2. The summed E-state index contributed by atoms with van der Waals surface area (Å²) in [5, 5.41) is 6.93. The van der Waals surface area contributed by atoms with Crippen LogP contribution in [0.1, 0.15) is 35.9 Å². The van der Waals surface area contributed by atoms with Gasteiger partial charge in [-0.2, -0.15) is 0 Å². The molecule has 3 N–H and O–H groups in total. The molecule has 2 heterocycles. The van der Waals surface area contributed by atoms with Gasteiger partial charge in [-0.15, -0.1) is 0 Å². The Labute approximate surface area is 125 Å². The topological polar surface area (TPSA) is 56.9 Å². The van der Waals surface area contributed by atoms with Gasteiger partial charge in [0.25, 0.3) is 5.91 Å². The largest absolute Gasteiger partial charge is 0.352 e. The maximum absolute atomic E-state index is 12.2. The monoisotopic (exact) mass is 381 g/mol. The molecule has 2 rings (SSSR count). The van der Waals surface area contributed by atoms with E-state index in [0.717, 1.165) is 28.7 Å². The summed E-state index contributed by atoms with van der Waals surface area (Å²) in [5.74, 6) is -0.106. The molecule has 6 heteroatoms. The number of hydrogen-bond acceptors (Lipinski definition) is 2. The molecular formula is C12H17ClIN3O. The van der Waals surface area contributed by atoms with E-state index >= 15 is 0 Å². The molecule has 0 saturated carbocycles. The van der Waals surface area contributed by atoms with Gasteiger partial charge in [-0.3, -0.25) is 4.79 Å². The quantitative estimate of drug-likeness (QED) is 0.689. The van der Waals surface area contributed by atoms with Crippen molar-refractivity contribution in [2.24, 2.45) is 0 Å². The lowest BCUT2D eigenvalue weighted by Crippen LogP contribution is -2.46. The van der Waals surface area contributed by atoms with Crippen molar-refractivity contribution >= 4 is 40.1 Å². The molecule has 2 unspecified atom stereocenters. The summed E-state index contributed by atoms with van der Waals surface area (Å²) in [7, 11) is 0. The van der Waals surface area contributed by atoms with Gasteiger partial charge >= 0.3 is 0 Å². The number of halogens is 2. The number of piperidine rings is 1. The van der Waals surface area contributed by atoms with Crippen molar-refractivity contribution < 1.29 is 4.79 Å². The summed E-state index contributed by atoms with van der Waals surface area (Å²) >= 11 is 8.29. The van der Waals surface area contributed by atoms with Gasteiger partial charge in [0.05, 0.1) is 8.59 Å². The summed E-state index contributed by atoms with van der Waals surface area (Å²) in [6.45, 7) is 4.99. The van der Waals surface area contributed by atoms with Crippen molar-refractivity contribution in [2.75, 3.05) is 6.54 Å². The van der Waals surface area contributed by atoms with Gasteiger partial charge in [-0.05, 0) is 55.8 Å². The fourth-order valence-electron chi connectivity index (χ4n) is 2.25. The zero-order chi connectivity index (χ0) is 13.3. The fourth-order valence-corrected chi connectivity index (χ4v) is 2.93. The number of carbonyl (C=O) groups excluding carboxylic acids is 1. The van der Waals surface area contributed by atoms with Gasteiger partial charge in [0.1, 0.15) is 5.69 Å². The first-order chi connectivity index (χ1) is 8.49. The minimum absolute atomic E-state index is 0.106. The van der Waals surface area contributed by atoms with Crippen LogP contribution < -0.4 is 10.6 Å². The van der Waals surface area contributed by atoms with E-state index in [2.05, 4.69) is 45.1 Å². The number of rotatable bonds is 2. The Bertz CT molecular complexity index is 460. The molecule has 0 bridgehead atoms. The van der Waals surface area contributed by atoms with Crippen LogP contribution in [0.15, 0.2) is 0 Å². The van der Waals surface area contributed by atoms with E-state index in [1.807, 2.05) is 6.92 Å². The second-order valence-electron chi connectivity index (χ2n) is 4.80. The van der Waals surface area contributed by atoms with Gasteiger partial charge < -0.3 is 15.6 Å². The van der Waals surface area contributed by atoms with E-state index in [9.17, 15) is 4.79 Å². The lowest BCUT2D eigenvalue weighted by molar-refractivity contribution is 0.0921. The molecule has 1 aliphatic heterocycles. The molecule has 0 radical (unpaired) electrons. The predicted octanol–water partition coefficient (Wildman–Crippen LogP) is 2.45. The number of H-pyrrole nitrogens is 1. The molecule has 2 atom stereocenters. The first-order valence-electron chi connectivity index (χ1n) is 6.07. The molecule has 1 aromatic heterocycles. The molecule has 18 heavy (non-hydrogen) atoms. The highest BCUT2D eigenvalue weighted by atomic mass is 127. The molecule has 100 valence electrons. The standard InChI is InChI=1S/C12H17ClIN3O/c1-6-5-8(3-4-15-6)17-12(18)11-9(13)10(14)7(2)16-11/h6,8,15-16H,3-5H2,1-2H3,(H,17,18). The van der Waals surface area contributed by atoms with Crippen LogP contribution in [0.5, 0.6) is 0 Å². The Morgan fingerprint density at radius 3 is 2.83 bits per heavy atom. The Balaban J connectivity index is 2.05. The number of carbonyl (C=O) groups is 1. The van der Waals surface area contributed by atoms with Crippen molar-refractivity contribution in [1.29, 1.82) is 0 Å². The van der Waals surface area contributed by atoms with Crippen molar-refractivity contribution in [1.82, 2.24) is 15.6 Å². The molecule has 0 aliphatic carbocycles. The molecule has 1 aromatic rings. The Morgan fingerprint density at radius 1 is 1.56 bits per heavy atom. The molecule has 1 saturated heterocycles. The first-order valence-corrected chi connectivity index (χ1v) is 7.52. The average Bonchev–Trinajstić information content (AvgIpc) is 2.57. The highest BCUT2D eigenvalue weighted by molar-refractivity contribution is 14.1. The van der Waals surface area contributed by atoms with Gasteiger partial charge in [-0.25, -0.2) is 0 Å². The second kappa shape index (κ2) is 5.79. The van der Waals surface area contributed by atoms with E-state index in [1.54, 1.807) is 0 Å². The zero-order valence-corrected chi connectivity index (χ0v) is 13.4. The van der Waals surface area contributed by atoms with E-state index in [1.165, 1.54) is 0 Å². The normalized spacial score (nSPS) is 24.0. The Kier molecular flexibility index (Phi) is 4.55. The van der Waals surface area contributed by atoms with Gasteiger partial charge in [0, 0.05) is 17.8 Å². The Hall–Kier alpha value is -0.270. The van der Waals surface area contributed by atoms with Crippen LogP contribution in [0.4, 0.5) is 0 Å². The third-order valence-corrected chi connectivity index (χ3v) is 5.29. The molecule has 0 aromatic carbocycles. The average molecular weight is 382 g/mol. The van der Waals surface area contributed by atoms with Gasteiger partial charge in [0.2, 0.25) is 0 Å². The van der Waals surface area contributed by atoms with Crippen LogP contribution in [0.3, 0.4) is 0 Å². The molecule has 1 fully saturated rings. The van der Waals surface area contributed by atoms with Gasteiger partial charge in [0.15, 0.2) is 0 Å². The molecule has 1 amide bonds. The molecular weight excluding hydrogens is 365 g/mol. The van der Waals surface area contributed by atoms with Crippen molar-refractivity contribution in [3.8, 4) is 0 Å². The van der Waals surface area contributed by atoms with Crippen molar-refractivity contribution in [2.45, 2.75) is 38.8 Å². The van der Waals surface area contributed by atoms with E-state index in [4.69, 9.17) is 11.6 Å². The molecule has 1 aliphatic rings. The zero-order valence-electron chi connectivity index (χ0n) is 10.4. The van der Waals surface area contributed by atoms with Crippen molar-refractivity contribution in [3.05, 3.63) is 20.0 Å². The number of aromatic amines is 1. The SMILES string of the molecule is Cc1[nH]c(C(=O)NC2CCNC(C)C2)c(Cl)c1I. The second-order valence-corrected chi connectivity index (χ2v) is 6.26. The van der Waals surface area contributed by atoms with Gasteiger partial charge in [-0.1, -0.05) is 11.6 Å². The minimum Gasteiger partial charge on any atom is -0.352 e. The van der Waals surface area contributed by atoms with Crippen LogP contribution in [0.25, 0.3) is 0 Å². The highest BCUT2D eigenvalue weighted by Crippen LogP contribution is 2.26. The van der Waals surface area contributed by atoms with Crippen LogP contribution in [-0.2, 0) is 0 Å². The number of hydrogen-bond donors (Lipinski definition) is 3. The summed E-state index contributed by atoms with van der Waals surface area (Å²) in [6, 6.07) is 0.677. The number of nitrogens with one attached hydrogen (secondary N) is 3. The first kappa shape index (κ1) is 14.1. The Morgan fingerprint density at radius 2 is 2.28 bits per heavy atom.